The Morgan fingerprint density at radius 3 is 2.67 bits per heavy atom. The van der Waals surface area contributed by atoms with Crippen molar-refractivity contribution in [3.8, 4) is 0 Å². The highest BCUT2D eigenvalue weighted by Crippen LogP contribution is 2.04. The van der Waals surface area contributed by atoms with E-state index in [-0.39, 0.29) is 12.1 Å². The summed E-state index contributed by atoms with van der Waals surface area (Å²) in [5.74, 6) is 0. The average Bonchev–Trinajstić information content (AvgIpc) is 2.27. The standard InChI is InChI=1S/C12H17NO2/c1-10(13-12(14)15-2)8-9-11-6-4-3-5-7-11/h3-7,10H,8-9H2,1-2H3,(H,13,14)/t10-/m0/s1. The van der Waals surface area contributed by atoms with E-state index in [1.807, 2.05) is 25.1 Å². The molecule has 0 spiro atoms. The molecule has 0 fully saturated rings. The van der Waals surface area contributed by atoms with Gasteiger partial charge in [-0.15, -0.1) is 0 Å². The first-order chi connectivity index (χ1) is 7.22. The van der Waals surface area contributed by atoms with Crippen LogP contribution >= 0.6 is 0 Å². The van der Waals surface area contributed by atoms with Gasteiger partial charge in [0.2, 0.25) is 0 Å². The van der Waals surface area contributed by atoms with E-state index in [1.54, 1.807) is 0 Å². The van der Waals surface area contributed by atoms with Gasteiger partial charge in [-0.1, -0.05) is 30.3 Å². The minimum absolute atomic E-state index is 0.137. The Morgan fingerprint density at radius 2 is 2.07 bits per heavy atom. The zero-order chi connectivity index (χ0) is 11.1. The van der Waals surface area contributed by atoms with Crippen LogP contribution in [0.25, 0.3) is 0 Å². The lowest BCUT2D eigenvalue weighted by molar-refractivity contribution is 0.167. The Labute approximate surface area is 90.4 Å². The molecular formula is C12H17NO2. The normalized spacial score (nSPS) is 11.9. The van der Waals surface area contributed by atoms with Crippen LogP contribution in [-0.4, -0.2) is 19.2 Å². The van der Waals surface area contributed by atoms with Gasteiger partial charge in [0.05, 0.1) is 7.11 Å². The summed E-state index contributed by atoms with van der Waals surface area (Å²) in [6.07, 6.45) is 1.51. The van der Waals surface area contributed by atoms with Crippen LogP contribution in [0.15, 0.2) is 30.3 Å². The number of carbonyl (C=O) groups is 1. The van der Waals surface area contributed by atoms with Crippen LogP contribution in [-0.2, 0) is 11.2 Å². The fraction of sp³-hybridized carbons (Fsp3) is 0.417. The number of ether oxygens (including phenoxy) is 1. The maximum absolute atomic E-state index is 10.9. The Balaban J connectivity index is 2.28. The van der Waals surface area contributed by atoms with Gasteiger partial charge in [0.15, 0.2) is 0 Å². The molecule has 82 valence electrons. The molecular weight excluding hydrogens is 190 g/mol. The summed E-state index contributed by atoms with van der Waals surface area (Å²) >= 11 is 0. The van der Waals surface area contributed by atoms with E-state index >= 15 is 0 Å². The van der Waals surface area contributed by atoms with Gasteiger partial charge < -0.3 is 10.1 Å². The zero-order valence-corrected chi connectivity index (χ0v) is 9.19. The molecule has 0 aromatic heterocycles. The van der Waals surface area contributed by atoms with E-state index in [0.29, 0.717) is 0 Å². The summed E-state index contributed by atoms with van der Waals surface area (Å²) < 4.78 is 4.52. The van der Waals surface area contributed by atoms with Gasteiger partial charge in [0, 0.05) is 6.04 Å². The molecule has 0 aliphatic carbocycles. The van der Waals surface area contributed by atoms with Crippen LogP contribution in [0.1, 0.15) is 18.9 Å². The van der Waals surface area contributed by atoms with Crippen LogP contribution in [0.2, 0.25) is 0 Å². The Bertz CT molecular complexity index is 298. The fourth-order valence-corrected chi connectivity index (χ4v) is 1.36. The first-order valence-electron chi connectivity index (χ1n) is 5.11. The molecule has 1 aromatic carbocycles. The van der Waals surface area contributed by atoms with E-state index in [9.17, 15) is 4.79 Å². The molecule has 0 aliphatic rings. The monoisotopic (exact) mass is 207 g/mol. The van der Waals surface area contributed by atoms with Crippen molar-refractivity contribution in [1.82, 2.24) is 5.32 Å². The number of hydrogen-bond acceptors (Lipinski definition) is 2. The molecule has 0 radical (unpaired) electrons. The maximum Gasteiger partial charge on any atom is 0.407 e. The second-order valence-electron chi connectivity index (χ2n) is 3.56. The fourth-order valence-electron chi connectivity index (χ4n) is 1.36. The van der Waals surface area contributed by atoms with Crippen LogP contribution in [0, 0.1) is 0 Å². The summed E-state index contributed by atoms with van der Waals surface area (Å²) in [6.45, 7) is 1.97. The topological polar surface area (TPSA) is 38.3 Å². The predicted octanol–water partition coefficient (Wildman–Crippen LogP) is 2.36. The minimum Gasteiger partial charge on any atom is -0.453 e. The molecule has 3 nitrogen and oxygen atoms in total. The second kappa shape index (κ2) is 6.06. The molecule has 3 heteroatoms. The number of benzene rings is 1. The summed E-state index contributed by atoms with van der Waals surface area (Å²) in [4.78, 5) is 10.9. The highest BCUT2D eigenvalue weighted by molar-refractivity contribution is 5.67. The molecule has 0 aliphatic heterocycles. The van der Waals surface area contributed by atoms with Crippen molar-refractivity contribution in [1.29, 1.82) is 0 Å². The van der Waals surface area contributed by atoms with E-state index in [2.05, 4.69) is 22.2 Å². The van der Waals surface area contributed by atoms with Crippen LogP contribution < -0.4 is 5.32 Å². The second-order valence-corrected chi connectivity index (χ2v) is 3.56. The highest BCUT2D eigenvalue weighted by atomic mass is 16.5. The molecule has 1 aromatic rings. The van der Waals surface area contributed by atoms with Gasteiger partial charge in [-0.3, -0.25) is 0 Å². The lowest BCUT2D eigenvalue weighted by atomic mass is 10.1. The van der Waals surface area contributed by atoms with Crippen molar-refractivity contribution in [2.75, 3.05) is 7.11 Å². The first-order valence-corrected chi connectivity index (χ1v) is 5.11. The van der Waals surface area contributed by atoms with Crippen molar-refractivity contribution in [3.05, 3.63) is 35.9 Å². The number of nitrogens with one attached hydrogen (secondary N) is 1. The van der Waals surface area contributed by atoms with Gasteiger partial charge in [0.25, 0.3) is 0 Å². The lowest BCUT2D eigenvalue weighted by Crippen LogP contribution is -2.32. The zero-order valence-electron chi connectivity index (χ0n) is 9.19. The molecule has 0 heterocycles. The van der Waals surface area contributed by atoms with Crippen molar-refractivity contribution >= 4 is 6.09 Å². The molecule has 0 saturated carbocycles. The molecule has 1 N–H and O–H groups in total. The molecule has 0 unspecified atom stereocenters. The lowest BCUT2D eigenvalue weighted by Gasteiger charge is -2.12. The minimum atomic E-state index is -0.365. The smallest absolute Gasteiger partial charge is 0.407 e. The van der Waals surface area contributed by atoms with E-state index < -0.39 is 0 Å². The summed E-state index contributed by atoms with van der Waals surface area (Å²) in [5.41, 5.74) is 1.29. The summed E-state index contributed by atoms with van der Waals surface area (Å²) in [5, 5.41) is 2.74. The molecule has 1 amide bonds. The number of aryl methyl sites for hydroxylation is 1. The van der Waals surface area contributed by atoms with Crippen molar-refractivity contribution < 1.29 is 9.53 Å². The number of methoxy groups -OCH3 is 1. The third-order valence-corrected chi connectivity index (χ3v) is 2.26. The molecule has 0 bridgehead atoms. The number of alkyl carbamates (subject to hydrolysis) is 1. The Hall–Kier alpha value is -1.51. The largest absolute Gasteiger partial charge is 0.453 e. The third kappa shape index (κ3) is 4.49. The third-order valence-electron chi connectivity index (χ3n) is 2.26. The van der Waals surface area contributed by atoms with E-state index in [1.165, 1.54) is 12.7 Å². The summed E-state index contributed by atoms with van der Waals surface area (Å²) in [6, 6.07) is 10.4. The predicted molar refractivity (Wildman–Crippen MR) is 59.8 cm³/mol. The number of rotatable bonds is 4. The van der Waals surface area contributed by atoms with Crippen LogP contribution in [0.4, 0.5) is 4.79 Å². The Kier molecular flexibility index (Phi) is 4.68. The van der Waals surface area contributed by atoms with Crippen LogP contribution in [0.3, 0.4) is 0 Å². The highest BCUT2D eigenvalue weighted by Gasteiger charge is 2.06. The quantitative estimate of drug-likeness (QED) is 0.823. The van der Waals surface area contributed by atoms with E-state index in [0.717, 1.165) is 12.8 Å². The van der Waals surface area contributed by atoms with Gasteiger partial charge >= 0.3 is 6.09 Å². The van der Waals surface area contributed by atoms with Gasteiger partial charge in [-0.2, -0.15) is 0 Å². The molecule has 0 saturated heterocycles. The van der Waals surface area contributed by atoms with Gasteiger partial charge in [0.1, 0.15) is 0 Å². The SMILES string of the molecule is COC(=O)N[C@@H](C)CCc1ccccc1. The van der Waals surface area contributed by atoms with Crippen molar-refractivity contribution in [2.24, 2.45) is 0 Å². The first kappa shape index (κ1) is 11.6. The molecule has 15 heavy (non-hydrogen) atoms. The van der Waals surface area contributed by atoms with Gasteiger partial charge in [-0.25, -0.2) is 4.79 Å². The van der Waals surface area contributed by atoms with E-state index in [4.69, 9.17) is 0 Å². The number of hydrogen-bond donors (Lipinski definition) is 1. The van der Waals surface area contributed by atoms with Crippen LogP contribution in [0.5, 0.6) is 0 Å². The maximum atomic E-state index is 10.9. The van der Waals surface area contributed by atoms with Crippen molar-refractivity contribution in [3.63, 3.8) is 0 Å². The number of carbonyl (C=O) groups excluding carboxylic acids is 1. The Morgan fingerprint density at radius 1 is 1.40 bits per heavy atom. The van der Waals surface area contributed by atoms with Gasteiger partial charge in [-0.05, 0) is 25.3 Å². The number of amides is 1. The average molecular weight is 207 g/mol. The summed E-state index contributed by atoms with van der Waals surface area (Å²) in [7, 11) is 1.37. The molecule has 1 atom stereocenters. The van der Waals surface area contributed by atoms with Crippen molar-refractivity contribution in [2.45, 2.75) is 25.8 Å². The molecule has 1 rings (SSSR count).